The van der Waals surface area contributed by atoms with E-state index in [1.54, 1.807) is 0 Å². The predicted octanol–water partition coefficient (Wildman–Crippen LogP) is 3.15. The summed E-state index contributed by atoms with van der Waals surface area (Å²) in [7, 11) is 0. The van der Waals surface area contributed by atoms with E-state index in [0.29, 0.717) is 0 Å². The lowest BCUT2D eigenvalue weighted by molar-refractivity contribution is 0.538. The van der Waals surface area contributed by atoms with Crippen LogP contribution in [0.25, 0.3) is 11.1 Å². The average Bonchev–Trinajstić information content (AvgIpc) is 2.49. The molecule has 1 heterocycles. The quantitative estimate of drug-likeness (QED) is 0.746. The number of rotatable bonds is 1. The molecule has 0 atom stereocenters. The highest BCUT2D eigenvalue weighted by molar-refractivity contribution is 9.10. The van der Waals surface area contributed by atoms with Crippen molar-refractivity contribution in [2.45, 2.75) is 13.3 Å². The molecule has 0 N–H and O–H groups in total. The third kappa shape index (κ3) is 1.14. The molecule has 0 aliphatic rings. The minimum atomic E-state index is 0.789. The topological polar surface area (TPSA) is 26.0 Å². The van der Waals surface area contributed by atoms with Crippen LogP contribution in [0.4, 0.5) is 0 Å². The summed E-state index contributed by atoms with van der Waals surface area (Å²) in [6.45, 7) is 2.03. The van der Waals surface area contributed by atoms with Gasteiger partial charge in [0.05, 0.1) is 0 Å². The molecule has 0 aliphatic carbocycles. The Hall–Kier alpha value is -0.830. The average molecular weight is 226 g/mol. The Labute approximate surface area is 78.7 Å². The summed E-state index contributed by atoms with van der Waals surface area (Å²) >= 11 is 3.42. The number of aromatic nitrogens is 1. The standard InChI is InChI=1S/C9H8BrNO/c1-2-8-11-9-6(10)4-3-5-7(9)12-8/h3-5H,2H2,1H3. The molecule has 0 amide bonds. The second kappa shape index (κ2) is 2.90. The fraction of sp³-hybridized carbons (Fsp3) is 0.222. The summed E-state index contributed by atoms with van der Waals surface area (Å²) in [6.07, 6.45) is 0.834. The van der Waals surface area contributed by atoms with Gasteiger partial charge in [0, 0.05) is 10.9 Å². The normalized spacial score (nSPS) is 10.8. The minimum Gasteiger partial charge on any atom is -0.441 e. The maximum Gasteiger partial charge on any atom is 0.195 e. The smallest absolute Gasteiger partial charge is 0.195 e. The molecule has 0 saturated heterocycles. The Bertz CT molecular complexity index is 408. The molecule has 1 aromatic heterocycles. The van der Waals surface area contributed by atoms with Crippen molar-refractivity contribution in [3.05, 3.63) is 28.6 Å². The van der Waals surface area contributed by atoms with Crippen molar-refractivity contribution in [1.29, 1.82) is 0 Å². The first-order chi connectivity index (χ1) is 5.81. The van der Waals surface area contributed by atoms with Gasteiger partial charge in [-0.15, -0.1) is 0 Å². The van der Waals surface area contributed by atoms with Crippen molar-refractivity contribution in [2.75, 3.05) is 0 Å². The van der Waals surface area contributed by atoms with Crippen LogP contribution in [-0.4, -0.2) is 4.98 Å². The van der Waals surface area contributed by atoms with E-state index >= 15 is 0 Å². The summed E-state index contributed by atoms with van der Waals surface area (Å²) in [6, 6.07) is 5.83. The molecule has 0 spiro atoms. The Balaban J connectivity index is 2.74. The van der Waals surface area contributed by atoms with Gasteiger partial charge in [-0.3, -0.25) is 0 Å². The summed E-state index contributed by atoms with van der Waals surface area (Å²) < 4.78 is 6.45. The van der Waals surface area contributed by atoms with Crippen LogP contribution in [0, 0.1) is 0 Å². The van der Waals surface area contributed by atoms with Crippen molar-refractivity contribution in [3.8, 4) is 0 Å². The highest BCUT2D eigenvalue weighted by Crippen LogP contribution is 2.23. The SMILES string of the molecule is CCc1nc2c(Br)cccc2o1. The molecule has 0 unspecified atom stereocenters. The van der Waals surface area contributed by atoms with Crippen molar-refractivity contribution >= 4 is 27.0 Å². The molecule has 2 rings (SSSR count). The first-order valence-corrected chi connectivity index (χ1v) is 4.64. The van der Waals surface area contributed by atoms with E-state index in [2.05, 4.69) is 20.9 Å². The fourth-order valence-corrected chi connectivity index (χ4v) is 1.55. The van der Waals surface area contributed by atoms with E-state index in [1.807, 2.05) is 25.1 Å². The van der Waals surface area contributed by atoms with Crippen LogP contribution in [0.5, 0.6) is 0 Å². The van der Waals surface area contributed by atoms with Gasteiger partial charge in [-0.1, -0.05) is 13.0 Å². The molecule has 0 radical (unpaired) electrons. The van der Waals surface area contributed by atoms with Crippen molar-refractivity contribution < 1.29 is 4.42 Å². The van der Waals surface area contributed by atoms with Crippen LogP contribution in [0.15, 0.2) is 27.1 Å². The number of fused-ring (bicyclic) bond motifs is 1. The number of oxazole rings is 1. The molecule has 0 aliphatic heterocycles. The maximum atomic E-state index is 5.46. The zero-order valence-electron chi connectivity index (χ0n) is 6.67. The van der Waals surface area contributed by atoms with Crippen LogP contribution in [0.3, 0.4) is 0 Å². The van der Waals surface area contributed by atoms with E-state index in [1.165, 1.54) is 0 Å². The number of aryl methyl sites for hydroxylation is 1. The van der Waals surface area contributed by atoms with Crippen LogP contribution in [0.1, 0.15) is 12.8 Å². The van der Waals surface area contributed by atoms with Gasteiger partial charge in [0.2, 0.25) is 0 Å². The van der Waals surface area contributed by atoms with Crippen LogP contribution in [0.2, 0.25) is 0 Å². The minimum absolute atomic E-state index is 0.789. The van der Waals surface area contributed by atoms with Crippen LogP contribution < -0.4 is 0 Å². The van der Waals surface area contributed by atoms with E-state index in [0.717, 1.165) is 27.9 Å². The molecular weight excluding hydrogens is 218 g/mol. The van der Waals surface area contributed by atoms with E-state index in [4.69, 9.17) is 4.42 Å². The predicted molar refractivity (Wildman–Crippen MR) is 51.1 cm³/mol. The molecule has 1 aromatic carbocycles. The van der Waals surface area contributed by atoms with Gasteiger partial charge in [0.25, 0.3) is 0 Å². The Morgan fingerprint density at radius 1 is 1.50 bits per heavy atom. The zero-order chi connectivity index (χ0) is 8.55. The van der Waals surface area contributed by atoms with Crippen molar-refractivity contribution in [1.82, 2.24) is 4.98 Å². The molecular formula is C9H8BrNO. The number of hydrogen-bond acceptors (Lipinski definition) is 2. The fourth-order valence-electron chi connectivity index (χ4n) is 1.11. The summed E-state index contributed by atoms with van der Waals surface area (Å²) in [5.74, 6) is 0.789. The lowest BCUT2D eigenvalue weighted by atomic mass is 10.3. The molecule has 62 valence electrons. The second-order valence-electron chi connectivity index (χ2n) is 2.55. The van der Waals surface area contributed by atoms with E-state index in [9.17, 15) is 0 Å². The summed E-state index contributed by atoms with van der Waals surface area (Å²) in [4.78, 5) is 4.32. The maximum absolute atomic E-state index is 5.46. The monoisotopic (exact) mass is 225 g/mol. The number of benzene rings is 1. The lowest BCUT2D eigenvalue weighted by Crippen LogP contribution is -1.76. The van der Waals surface area contributed by atoms with Crippen LogP contribution >= 0.6 is 15.9 Å². The van der Waals surface area contributed by atoms with Gasteiger partial charge in [0.1, 0.15) is 5.52 Å². The molecule has 12 heavy (non-hydrogen) atoms. The van der Waals surface area contributed by atoms with Gasteiger partial charge in [-0.2, -0.15) is 0 Å². The Morgan fingerprint density at radius 3 is 3.00 bits per heavy atom. The largest absolute Gasteiger partial charge is 0.441 e. The Morgan fingerprint density at radius 2 is 2.33 bits per heavy atom. The van der Waals surface area contributed by atoms with Gasteiger partial charge < -0.3 is 4.42 Å². The second-order valence-corrected chi connectivity index (χ2v) is 3.40. The number of hydrogen-bond donors (Lipinski definition) is 0. The Kier molecular flexibility index (Phi) is 1.89. The first-order valence-electron chi connectivity index (χ1n) is 3.85. The van der Waals surface area contributed by atoms with Gasteiger partial charge in [-0.25, -0.2) is 4.98 Å². The molecule has 3 heteroatoms. The highest BCUT2D eigenvalue weighted by Gasteiger charge is 2.05. The molecule has 2 aromatic rings. The summed E-state index contributed by atoms with van der Waals surface area (Å²) in [5.41, 5.74) is 1.76. The number of halogens is 1. The van der Waals surface area contributed by atoms with Gasteiger partial charge in [0.15, 0.2) is 11.5 Å². The highest BCUT2D eigenvalue weighted by atomic mass is 79.9. The van der Waals surface area contributed by atoms with Gasteiger partial charge in [-0.05, 0) is 28.1 Å². The van der Waals surface area contributed by atoms with Crippen molar-refractivity contribution in [3.63, 3.8) is 0 Å². The van der Waals surface area contributed by atoms with Crippen LogP contribution in [-0.2, 0) is 6.42 Å². The van der Waals surface area contributed by atoms with E-state index < -0.39 is 0 Å². The third-order valence-corrected chi connectivity index (χ3v) is 2.36. The molecule has 0 saturated carbocycles. The zero-order valence-corrected chi connectivity index (χ0v) is 8.26. The summed E-state index contributed by atoms with van der Waals surface area (Å²) in [5, 5.41) is 0. The molecule has 0 bridgehead atoms. The molecule has 2 nitrogen and oxygen atoms in total. The number of nitrogens with zero attached hydrogens (tertiary/aromatic N) is 1. The van der Waals surface area contributed by atoms with E-state index in [-0.39, 0.29) is 0 Å². The molecule has 0 fully saturated rings. The first kappa shape index (κ1) is 7.80. The lowest BCUT2D eigenvalue weighted by Gasteiger charge is -1.86. The number of para-hydroxylation sites is 1. The van der Waals surface area contributed by atoms with Crippen molar-refractivity contribution in [2.24, 2.45) is 0 Å². The third-order valence-electron chi connectivity index (χ3n) is 1.72. The van der Waals surface area contributed by atoms with Gasteiger partial charge >= 0.3 is 0 Å².